The quantitative estimate of drug-likeness (QED) is 0.514. The molecule has 0 aromatic heterocycles. The second-order valence-electron chi connectivity index (χ2n) is 4.78. The molecule has 2 heteroatoms. The highest BCUT2D eigenvalue weighted by atomic mass is 35.5. The molecule has 0 aliphatic heterocycles. The van der Waals surface area contributed by atoms with E-state index < -0.39 is 8.80 Å². The maximum absolute atomic E-state index is 6.45. The lowest BCUT2D eigenvalue weighted by Gasteiger charge is -2.18. The monoisotopic (exact) mass is 294 g/mol. The predicted molar refractivity (Wildman–Crippen MR) is 90.4 cm³/mol. The van der Waals surface area contributed by atoms with Gasteiger partial charge in [-0.3, -0.25) is 0 Å². The van der Waals surface area contributed by atoms with Crippen LogP contribution in [-0.2, 0) is 0 Å². The summed E-state index contributed by atoms with van der Waals surface area (Å²) in [6.07, 6.45) is 0. The lowest BCUT2D eigenvalue weighted by molar-refractivity contribution is 1.71. The van der Waals surface area contributed by atoms with Gasteiger partial charge in [0.05, 0.1) is 0 Å². The fraction of sp³-hybridized carbons (Fsp3) is 0. The average molecular weight is 295 g/mol. The van der Waals surface area contributed by atoms with Crippen LogP contribution in [0.4, 0.5) is 0 Å². The highest BCUT2D eigenvalue weighted by molar-refractivity contribution is 6.96. The first-order valence-electron chi connectivity index (χ1n) is 6.70. The number of hydrogen-bond donors (Lipinski definition) is 0. The van der Waals surface area contributed by atoms with Gasteiger partial charge >= 0.3 is 0 Å². The molecule has 0 aliphatic carbocycles. The molecule has 3 rings (SSSR count). The number of benzene rings is 3. The largest absolute Gasteiger partial charge is 0.134 e. The molecule has 0 nitrogen and oxygen atoms in total. The predicted octanol–water partition coefficient (Wildman–Crippen LogP) is 2.59. The van der Waals surface area contributed by atoms with Crippen molar-refractivity contribution in [2.24, 2.45) is 0 Å². The Morgan fingerprint density at radius 1 is 0.550 bits per heavy atom. The van der Waals surface area contributed by atoms with Crippen molar-refractivity contribution in [3.05, 3.63) is 90.0 Å². The van der Waals surface area contributed by atoms with Gasteiger partial charge in [-0.25, -0.2) is 0 Å². The smallest absolute Gasteiger partial charge is 0.0845 e. The Bertz CT molecular complexity index is 641. The molecule has 0 radical (unpaired) electrons. The molecule has 0 N–H and O–H groups in total. The van der Waals surface area contributed by atoms with Gasteiger partial charge in [-0.05, 0) is 11.3 Å². The third-order valence-electron chi connectivity index (χ3n) is 3.48. The van der Waals surface area contributed by atoms with Crippen LogP contribution in [0.3, 0.4) is 0 Å². The number of halogens is 1. The van der Waals surface area contributed by atoms with Crippen molar-refractivity contribution in [1.29, 1.82) is 0 Å². The molecule has 0 fully saturated rings. The van der Waals surface area contributed by atoms with Crippen LogP contribution in [0.15, 0.2) is 84.9 Å². The minimum atomic E-state index is -1.48. The summed E-state index contributed by atoms with van der Waals surface area (Å²) in [5.41, 5.74) is 0. The summed E-state index contributed by atoms with van der Waals surface area (Å²) in [7, 11) is -1.48. The molecule has 0 bridgehead atoms. The van der Waals surface area contributed by atoms with Gasteiger partial charge in [0.15, 0.2) is 0 Å². The molecular weight excluding hydrogens is 280 g/mol. The highest BCUT2D eigenvalue weighted by Gasteiger charge is 2.20. The first kappa shape index (κ1) is 13.2. The Labute approximate surface area is 126 Å². The van der Waals surface area contributed by atoms with E-state index in [1.165, 1.54) is 15.6 Å². The summed E-state index contributed by atoms with van der Waals surface area (Å²) in [6, 6.07) is 29.6. The average Bonchev–Trinajstić information content (AvgIpc) is 2.52. The normalized spacial score (nSPS) is 10.7. The van der Waals surface area contributed by atoms with Gasteiger partial charge in [0, 0.05) is 5.02 Å². The SMILES string of the molecule is Clc1ccccc1[SiH](c1ccccc1)c1ccccc1. The van der Waals surface area contributed by atoms with Crippen molar-refractivity contribution in [3.63, 3.8) is 0 Å². The van der Waals surface area contributed by atoms with Crippen LogP contribution >= 0.6 is 11.6 Å². The molecule has 98 valence electrons. The Morgan fingerprint density at radius 2 is 1.00 bits per heavy atom. The lowest BCUT2D eigenvalue weighted by atomic mass is 10.3. The van der Waals surface area contributed by atoms with Crippen molar-refractivity contribution in [3.8, 4) is 0 Å². The van der Waals surface area contributed by atoms with E-state index in [0.29, 0.717) is 0 Å². The summed E-state index contributed by atoms with van der Waals surface area (Å²) in [6.45, 7) is 0. The molecule has 0 saturated heterocycles. The van der Waals surface area contributed by atoms with Crippen LogP contribution in [0.25, 0.3) is 0 Å². The molecule has 0 unspecified atom stereocenters. The van der Waals surface area contributed by atoms with Gasteiger partial charge in [-0.15, -0.1) is 0 Å². The number of rotatable bonds is 3. The first-order valence-corrected chi connectivity index (χ1v) is 8.81. The maximum Gasteiger partial charge on any atom is 0.134 e. The fourth-order valence-corrected chi connectivity index (χ4v) is 6.01. The van der Waals surface area contributed by atoms with E-state index in [9.17, 15) is 0 Å². The second kappa shape index (κ2) is 6.08. The van der Waals surface area contributed by atoms with E-state index in [2.05, 4.69) is 72.8 Å². The summed E-state index contributed by atoms with van der Waals surface area (Å²) < 4.78 is 0. The third-order valence-corrected chi connectivity index (χ3v) is 7.24. The minimum Gasteiger partial charge on any atom is -0.0845 e. The van der Waals surface area contributed by atoms with Gasteiger partial charge in [0.25, 0.3) is 0 Å². The topological polar surface area (TPSA) is 0 Å². The Morgan fingerprint density at radius 3 is 1.50 bits per heavy atom. The standard InChI is InChI=1S/C18H15ClSi/c19-17-13-7-8-14-18(17)20(15-9-3-1-4-10-15)16-11-5-2-6-12-16/h1-14,20H. The van der Waals surface area contributed by atoms with Gasteiger partial charge < -0.3 is 0 Å². The van der Waals surface area contributed by atoms with Gasteiger partial charge in [-0.2, -0.15) is 0 Å². The van der Waals surface area contributed by atoms with Gasteiger partial charge in [0.2, 0.25) is 0 Å². The van der Waals surface area contributed by atoms with E-state index >= 15 is 0 Å². The molecule has 0 heterocycles. The zero-order chi connectivity index (χ0) is 13.8. The molecule has 3 aromatic carbocycles. The van der Waals surface area contributed by atoms with Crippen molar-refractivity contribution < 1.29 is 0 Å². The van der Waals surface area contributed by atoms with E-state index in [1.54, 1.807) is 0 Å². The third kappa shape index (κ3) is 2.69. The highest BCUT2D eigenvalue weighted by Crippen LogP contribution is 2.06. The van der Waals surface area contributed by atoms with Crippen molar-refractivity contribution in [2.45, 2.75) is 0 Å². The molecule has 0 amide bonds. The van der Waals surface area contributed by atoms with Crippen LogP contribution in [0, 0.1) is 0 Å². The maximum atomic E-state index is 6.45. The summed E-state index contributed by atoms with van der Waals surface area (Å²) in [5.74, 6) is 0. The van der Waals surface area contributed by atoms with Crippen LogP contribution in [0.2, 0.25) is 5.02 Å². The molecular formula is C18H15ClSi. The summed E-state index contributed by atoms with van der Waals surface area (Å²) in [4.78, 5) is 0. The van der Waals surface area contributed by atoms with E-state index in [4.69, 9.17) is 11.6 Å². The zero-order valence-corrected chi connectivity index (χ0v) is 12.9. The van der Waals surface area contributed by atoms with Crippen LogP contribution in [-0.4, -0.2) is 8.80 Å². The van der Waals surface area contributed by atoms with Crippen molar-refractivity contribution in [2.75, 3.05) is 0 Å². The van der Waals surface area contributed by atoms with Gasteiger partial charge in [0.1, 0.15) is 8.80 Å². The lowest BCUT2D eigenvalue weighted by Crippen LogP contribution is -2.52. The Balaban J connectivity index is 2.17. The van der Waals surface area contributed by atoms with Crippen molar-refractivity contribution in [1.82, 2.24) is 0 Å². The molecule has 0 saturated carbocycles. The van der Waals surface area contributed by atoms with E-state index in [-0.39, 0.29) is 0 Å². The Hall–Kier alpha value is -1.83. The van der Waals surface area contributed by atoms with Crippen LogP contribution in [0.5, 0.6) is 0 Å². The zero-order valence-electron chi connectivity index (χ0n) is 11.0. The first-order chi connectivity index (χ1) is 9.86. The van der Waals surface area contributed by atoms with Crippen LogP contribution < -0.4 is 15.6 Å². The molecule has 3 aromatic rings. The minimum absolute atomic E-state index is 0.872. The molecule has 0 spiro atoms. The van der Waals surface area contributed by atoms with Crippen molar-refractivity contribution >= 4 is 36.0 Å². The molecule has 20 heavy (non-hydrogen) atoms. The Kier molecular flexibility index (Phi) is 4.00. The molecule has 0 atom stereocenters. The summed E-state index contributed by atoms with van der Waals surface area (Å²) >= 11 is 6.45. The number of hydrogen-bond acceptors (Lipinski definition) is 0. The molecule has 0 aliphatic rings. The fourth-order valence-electron chi connectivity index (χ4n) is 2.55. The summed E-state index contributed by atoms with van der Waals surface area (Å²) in [5, 5.41) is 4.95. The van der Waals surface area contributed by atoms with E-state index in [0.717, 1.165) is 5.02 Å². The van der Waals surface area contributed by atoms with Gasteiger partial charge in [-0.1, -0.05) is 101 Å². The second-order valence-corrected chi connectivity index (χ2v) is 8.00. The van der Waals surface area contributed by atoms with E-state index in [1.807, 2.05) is 12.1 Å². The van der Waals surface area contributed by atoms with Crippen LogP contribution in [0.1, 0.15) is 0 Å².